The summed E-state index contributed by atoms with van der Waals surface area (Å²) in [6, 6.07) is 28.0. The molecular formula is C40H45NO7Si. The Morgan fingerprint density at radius 1 is 0.959 bits per heavy atom. The molecule has 3 aromatic rings. The van der Waals surface area contributed by atoms with Crippen molar-refractivity contribution in [1.82, 2.24) is 4.90 Å². The van der Waals surface area contributed by atoms with Crippen LogP contribution in [0.4, 0.5) is 4.79 Å². The van der Waals surface area contributed by atoms with Crippen molar-refractivity contribution in [3.05, 3.63) is 107 Å². The van der Waals surface area contributed by atoms with Crippen molar-refractivity contribution in [2.75, 3.05) is 20.3 Å². The van der Waals surface area contributed by atoms with Gasteiger partial charge >= 0.3 is 6.09 Å². The largest absolute Gasteiger partial charge is 0.508 e. The van der Waals surface area contributed by atoms with Crippen LogP contribution >= 0.6 is 0 Å². The number of phenols is 1. The van der Waals surface area contributed by atoms with E-state index in [9.17, 15) is 19.5 Å². The van der Waals surface area contributed by atoms with Gasteiger partial charge in [0.2, 0.25) is 11.8 Å². The highest BCUT2D eigenvalue weighted by molar-refractivity contribution is 6.99. The molecule has 1 aliphatic carbocycles. The third-order valence-electron chi connectivity index (χ3n) is 10.3. The molecule has 0 saturated carbocycles. The van der Waals surface area contributed by atoms with Crippen LogP contribution in [0.15, 0.2) is 102 Å². The first-order chi connectivity index (χ1) is 23.5. The molecule has 49 heavy (non-hydrogen) atoms. The second-order valence-electron chi connectivity index (χ2n) is 14.4. The maximum absolute atomic E-state index is 13.7. The average Bonchev–Trinajstić information content (AvgIpc) is 3.62. The first kappa shape index (κ1) is 34.5. The maximum atomic E-state index is 13.7. The number of amides is 3. The Bertz CT molecular complexity index is 1740. The molecule has 0 aromatic heterocycles. The van der Waals surface area contributed by atoms with Crippen LogP contribution < -0.4 is 10.4 Å². The number of carbonyl (C=O) groups is 3. The number of phenolic OH excluding ortho intramolecular Hbond substituents is 1. The number of likely N-dealkylation sites (tertiary alicyclic amines) is 1. The third-order valence-corrected chi connectivity index (χ3v) is 15.3. The summed E-state index contributed by atoms with van der Waals surface area (Å²) in [5.41, 5.74) is 4.04. The lowest BCUT2D eigenvalue weighted by Gasteiger charge is -2.44. The first-order valence-electron chi connectivity index (χ1n) is 17.0. The zero-order valence-corrected chi connectivity index (χ0v) is 29.8. The Kier molecular flexibility index (Phi) is 9.80. The van der Waals surface area contributed by atoms with E-state index in [1.165, 1.54) is 7.11 Å². The summed E-state index contributed by atoms with van der Waals surface area (Å²) in [5, 5.41) is 12.0. The monoisotopic (exact) mass is 679 g/mol. The number of methoxy groups -OCH3 is 1. The number of aromatic hydroxyl groups is 1. The van der Waals surface area contributed by atoms with Crippen LogP contribution in [0, 0.1) is 17.8 Å². The Morgan fingerprint density at radius 3 is 2.20 bits per heavy atom. The summed E-state index contributed by atoms with van der Waals surface area (Å²) in [4.78, 5) is 40.7. The summed E-state index contributed by atoms with van der Waals surface area (Å²) in [5.74, 6) is -2.53. The minimum atomic E-state index is -2.93. The van der Waals surface area contributed by atoms with Crippen LogP contribution in [-0.4, -0.2) is 62.7 Å². The van der Waals surface area contributed by atoms with Crippen molar-refractivity contribution < 1.29 is 33.4 Å². The predicted molar refractivity (Wildman–Crippen MR) is 191 cm³/mol. The van der Waals surface area contributed by atoms with E-state index in [1.807, 2.05) is 24.3 Å². The summed E-state index contributed by atoms with van der Waals surface area (Å²) in [7, 11) is -1.75. The standard InChI is InChI=1S/C40H45NO7Si/c1-26(21-27-13-12-14-29(42)22-27)19-20-34-35-28(23-32-36(33(35)25-47-34)38(44)41(37(32)43)39(45)46-5)24-48-49(40(2,3)4,30-15-8-6-9-16-30)31-17-10-7-11-18-31/h6-18,21-22,32-34,36,42H,19-20,23-25H2,1-5H3/b26-21+/t32-,33+,34-,36-/m1/s1. The Balaban J connectivity index is 1.39. The molecule has 2 fully saturated rings. The van der Waals surface area contributed by atoms with Gasteiger partial charge in [-0.25, -0.2) is 4.79 Å². The van der Waals surface area contributed by atoms with Gasteiger partial charge in [0.1, 0.15) is 5.75 Å². The van der Waals surface area contributed by atoms with E-state index in [0.717, 1.165) is 39.1 Å². The van der Waals surface area contributed by atoms with Crippen molar-refractivity contribution >= 4 is 42.7 Å². The van der Waals surface area contributed by atoms with Gasteiger partial charge in [0.25, 0.3) is 8.32 Å². The highest BCUT2D eigenvalue weighted by atomic mass is 28.4. The molecule has 6 rings (SSSR count). The van der Waals surface area contributed by atoms with Crippen molar-refractivity contribution in [2.24, 2.45) is 17.8 Å². The molecule has 8 nitrogen and oxygen atoms in total. The van der Waals surface area contributed by atoms with Crippen LogP contribution in [0.2, 0.25) is 5.04 Å². The van der Waals surface area contributed by atoms with Gasteiger partial charge in [-0.3, -0.25) is 9.59 Å². The lowest BCUT2D eigenvalue weighted by atomic mass is 9.69. The minimum Gasteiger partial charge on any atom is -0.508 e. The number of hydrogen-bond donors (Lipinski definition) is 1. The summed E-state index contributed by atoms with van der Waals surface area (Å²) in [6.07, 6.45) is 2.55. The molecule has 2 heterocycles. The number of fused-ring (bicyclic) bond motifs is 3. The van der Waals surface area contributed by atoms with Crippen LogP contribution in [0.1, 0.15) is 52.5 Å². The van der Waals surface area contributed by atoms with Gasteiger partial charge in [0.05, 0.1) is 38.3 Å². The van der Waals surface area contributed by atoms with Gasteiger partial charge in [0.15, 0.2) is 0 Å². The average molecular weight is 680 g/mol. The number of imide groups is 3. The van der Waals surface area contributed by atoms with E-state index in [4.69, 9.17) is 13.9 Å². The van der Waals surface area contributed by atoms with Crippen LogP contribution in [-0.2, 0) is 23.5 Å². The molecule has 0 radical (unpaired) electrons. The van der Waals surface area contributed by atoms with Gasteiger partial charge in [-0.1, -0.05) is 105 Å². The third kappa shape index (κ3) is 6.43. The van der Waals surface area contributed by atoms with E-state index in [1.54, 1.807) is 12.1 Å². The number of carbonyl (C=O) groups excluding carboxylic acids is 3. The van der Waals surface area contributed by atoms with Gasteiger partial charge in [-0.15, -0.1) is 0 Å². The Morgan fingerprint density at radius 2 is 1.61 bits per heavy atom. The van der Waals surface area contributed by atoms with E-state index >= 15 is 0 Å². The molecule has 0 bridgehead atoms. The Hall–Kier alpha value is -4.31. The molecule has 3 aromatic carbocycles. The number of allylic oxidation sites excluding steroid dienone is 1. The van der Waals surface area contributed by atoms with Gasteiger partial charge in [-0.05, 0) is 70.4 Å². The fraction of sp³-hybridized carbons (Fsp3) is 0.375. The van der Waals surface area contributed by atoms with Gasteiger partial charge < -0.3 is 19.0 Å². The molecule has 3 amide bonds. The molecule has 3 aliphatic rings. The molecule has 4 atom stereocenters. The topological polar surface area (TPSA) is 102 Å². The smallest absolute Gasteiger partial charge is 0.423 e. The number of rotatable bonds is 9. The van der Waals surface area contributed by atoms with E-state index < -0.39 is 38.1 Å². The molecule has 0 unspecified atom stereocenters. The summed E-state index contributed by atoms with van der Waals surface area (Å²) in [6.45, 7) is 9.31. The maximum Gasteiger partial charge on any atom is 0.423 e. The molecular weight excluding hydrogens is 635 g/mol. The van der Waals surface area contributed by atoms with Crippen molar-refractivity contribution in [1.29, 1.82) is 0 Å². The first-order valence-corrected chi connectivity index (χ1v) is 18.9. The highest BCUT2D eigenvalue weighted by Gasteiger charge is 2.59. The molecule has 1 N–H and O–H groups in total. The lowest BCUT2D eigenvalue weighted by Crippen LogP contribution is -2.66. The van der Waals surface area contributed by atoms with Gasteiger partial charge in [-0.2, -0.15) is 4.90 Å². The van der Waals surface area contributed by atoms with Crippen molar-refractivity contribution in [3.63, 3.8) is 0 Å². The number of nitrogens with zero attached hydrogens (tertiary/aromatic N) is 1. The van der Waals surface area contributed by atoms with Crippen LogP contribution in [0.5, 0.6) is 5.75 Å². The zero-order chi connectivity index (χ0) is 34.9. The Labute approximate surface area is 289 Å². The second-order valence-corrected chi connectivity index (χ2v) is 18.7. The molecule has 256 valence electrons. The molecule has 9 heteroatoms. The normalized spacial score (nSPS) is 22.7. The lowest BCUT2D eigenvalue weighted by molar-refractivity contribution is -0.137. The van der Waals surface area contributed by atoms with Crippen molar-refractivity contribution in [3.8, 4) is 5.75 Å². The number of hydrogen-bond acceptors (Lipinski definition) is 7. The molecule has 0 spiro atoms. The van der Waals surface area contributed by atoms with E-state index in [-0.39, 0.29) is 36.0 Å². The summed E-state index contributed by atoms with van der Waals surface area (Å²) >= 11 is 0. The second kappa shape index (κ2) is 13.9. The van der Waals surface area contributed by atoms with Crippen molar-refractivity contribution in [2.45, 2.75) is 58.1 Å². The zero-order valence-electron chi connectivity index (χ0n) is 28.8. The molecule has 2 saturated heterocycles. The SMILES string of the molecule is COC(=O)N1C(=O)[C@@H]2[C@@H](CC(CO[Si](c3ccccc3)(c3ccccc3)C(C)(C)C)=C3[C@@H](CC/C(C)=C/c4cccc(O)c4)OC[C@@H]32)C1=O. The van der Waals surface area contributed by atoms with Crippen LogP contribution in [0.25, 0.3) is 6.08 Å². The quantitative estimate of drug-likeness (QED) is 0.162. The number of ether oxygens (including phenoxy) is 2. The highest BCUT2D eigenvalue weighted by Crippen LogP contribution is 2.50. The van der Waals surface area contributed by atoms with Gasteiger partial charge in [0, 0.05) is 5.92 Å². The fourth-order valence-corrected chi connectivity index (χ4v) is 12.7. The van der Waals surface area contributed by atoms with E-state index in [0.29, 0.717) is 17.7 Å². The van der Waals surface area contributed by atoms with E-state index in [2.05, 4.69) is 82.3 Å². The minimum absolute atomic E-state index is 0.216. The summed E-state index contributed by atoms with van der Waals surface area (Å²) < 4.78 is 18.7. The predicted octanol–water partition coefficient (Wildman–Crippen LogP) is 6.24. The fourth-order valence-electron chi connectivity index (χ4n) is 8.16. The number of benzene rings is 3. The van der Waals surface area contributed by atoms with Crippen LogP contribution in [0.3, 0.4) is 0 Å². The molecule has 2 aliphatic heterocycles.